The molecule has 1 atom stereocenters. The number of aromatic nitrogens is 2. The number of hydrogen-bond donors (Lipinski definition) is 2. The number of ether oxygens (including phenoxy) is 3. The number of nitrogens with zero attached hydrogens (tertiary/aromatic N) is 5. The minimum atomic E-state index is -4.39. The van der Waals surface area contributed by atoms with Crippen LogP contribution in [0.1, 0.15) is 35.5 Å². The van der Waals surface area contributed by atoms with Crippen LogP contribution >= 0.6 is 0 Å². The second kappa shape index (κ2) is 17.2. The first-order valence-corrected chi connectivity index (χ1v) is 17.6. The first-order chi connectivity index (χ1) is 23.7. The fraction of sp³-hybridized carbons (Fsp3) is 0.485. The van der Waals surface area contributed by atoms with Crippen LogP contribution in [0.3, 0.4) is 0 Å². The fourth-order valence-corrected chi connectivity index (χ4v) is 6.82. The molecule has 0 radical (unpaired) electrons. The number of rotatable bonds is 16. The van der Waals surface area contributed by atoms with Gasteiger partial charge in [-0.2, -0.15) is 8.99 Å². The van der Waals surface area contributed by atoms with Crippen molar-refractivity contribution >= 4 is 39.2 Å². The molecule has 3 aromatic rings. The topological polar surface area (TPSA) is 148 Å². The van der Waals surface area contributed by atoms with Crippen molar-refractivity contribution in [2.45, 2.75) is 37.8 Å². The largest absolute Gasteiger partial charge is 0.445 e. The van der Waals surface area contributed by atoms with Gasteiger partial charge in [0, 0.05) is 82.4 Å². The maximum atomic E-state index is 14.0. The van der Waals surface area contributed by atoms with Crippen molar-refractivity contribution in [3.8, 4) is 0 Å². The Hall–Kier alpha value is -4.16. The van der Waals surface area contributed by atoms with Gasteiger partial charge in [0.05, 0.1) is 29.4 Å². The van der Waals surface area contributed by atoms with Crippen molar-refractivity contribution in [2.24, 2.45) is 0 Å². The molecule has 0 spiro atoms. The second-order valence-corrected chi connectivity index (χ2v) is 14.0. The van der Waals surface area contributed by atoms with Crippen LogP contribution in [-0.2, 0) is 37.2 Å². The zero-order valence-electron chi connectivity index (χ0n) is 29.2. The van der Waals surface area contributed by atoms with Gasteiger partial charge in [-0.15, -0.1) is 5.10 Å². The van der Waals surface area contributed by atoms with E-state index in [1.54, 1.807) is 20.1 Å². The number of sulfonamides is 1. The van der Waals surface area contributed by atoms with E-state index in [0.29, 0.717) is 30.7 Å². The normalized spacial score (nSPS) is 13.9. The van der Waals surface area contributed by atoms with Crippen molar-refractivity contribution in [1.29, 1.82) is 0 Å². The van der Waals surface area contributed by atoms with Crippen LogP contribution in [0.2, 0.25) is 0 Å². The molecule has 0 aliphatic carbocycles. The first kappa shape index (κ1) is 38.6. The Morgan fingerprint density at radius 3 is 2.44 bits per heavy atom. The van der Waals surface area contributed by atoms with Gasteiger partial charge in [0.15, 0.2) is 5.82 Å². The van der Waals surface area contributed by atoms with Gasteiger partial charge < -0.3 is 34.6 Å². The number of carbonyl (C=O) groups excluding carboxylic acids is 2. The highest BCUT2D eigenvalue weighted by molar-refractivity contribution is 7.89. The summed E-state index contributed by atoms with van der Waals surface area (Å²) in [4.78, 5) is 30.6. The molecule has 17 heteroatoms. The summed E-state index contributed by atoms with van der Waals surface area (Å²) in [7, 11) is 3.11. The van der Waals surface area contributed by atoms with Crippen molar-refractivity contribution in [1.82, 2.24) is 19.0 Å². The molecular formula is C33H45F2N7O7S. The second-order valence-electron chi connectivity index (χ2n) is 12.1. The number of nitrogens with one attached hydrogen (secondary N) is 2. The Morgan fingerprint density at radius 1 is 1.06 bits per heavy atom. The molecule has 1 aliphatic heterocycles. The Labute approximate surface area is 291 Å². The van der Waals surface area contributed by atoms with Crippen molar-refractivity contribution in [3.05, 3.63) is 64.9 Å². The van der Waals surface area contributed by atoms with Gasteiger partial charge in [-0.3, -0.25) is 4.79 Å². The number of amides is 1. The van der Waals surface area contributed by atoms with Gasteiger partial charge in [0.25, 0.3) is 5.91 Å². The van der Waals surface area contributed by atoms with E-state index in [0.717, 1.165) is 39.9 Å². The minimum Gasteiger partial charge on any atom is -0.445 e. The summed E-state index contributed by atoms with van der Waals surface area (Å²) in [5.41, 5.74) is 2.19. The van der Waals surface area contributed by atoms with E-state index in [1.165, 1.54) is 0 Å². The molecule has 2 N–H and O–H groups in total. The molecule has 0 fully saturated rings. The predicted molar refractivity (Wildman–Crippen MR) is 184 cm³/mol. The van der Waals surface area contributed by atoms with Crippen LogP contribution in [0.15, 0.2) is 41.3 Å². The van der Waals surface area contributed by atoms with Crippen molar-refractivity contribution < 1.29 is 41.0 Å². The summed E-state index contributed by atoms with van der Waals surface area (Å²) in [6.07, 6.45) is -0.851. The number of carbonyl (C=O) groups is 2. The zero-order chi connectivity index (χ0) is 36.6. The number of hydrogen-bond acceptors (Lipinski definition) is 11. The highest BCUT2D eigenvalue weighted by Gasteiger charge is 2.35. The number of likely N-dealkylation sites (N-methyl/N-ethyl adjacent to an activating group) is 2. The molecule has 0 saturated carbocycles. The lowest BCUT2D eigenvalue weighted by atomic mass is 10.1. The lowest BCUT2D eigenvalue weighted by Gasteiger charge is -2.27. The number of methoxy groups -OCH3 is 1. The van der Waals surface area contributed by atoms with Crippen LogP contribution in [0.25, 0.3) is 0 Å². The van der Waals surface area contributed by atoms with E-state index < -0.39 is 38.6 Å². The third kappa shape index (κ3) is 9.54. The first-order valence-electron chi connectivity index (χ1n) is 16.1. The minimum absolute atomic E-state index is 0.00882. The van der Waals surface area contributed by atoms with E-state index in [2.05, 4.69) is 25.5 Å². The lowest BCUT2D eigenvalue weighted by molar-refractivity contribution is 0.0777. The smallest absolute Gasteiger partial charge is 0.435 e. The van der Waals surface area contributed by atoms with Crippen molar-refractivity contribution in [3.63, 3.8) is 0 Å². The molecule has 1 amide bonds. The van der Waals surface area contributed by atoms with E-state index >= 15 is 0 Å². The Balaban J connectivity index is 1.70. The predicted octanol–water partition coefficient (Wildman–Crippen LogP) is 3.63. The van der Waals surface area contributed by atoms with Gasteiger partial charge in [-0.1, -0.05) is 0 Å². The Morgan fingerprint density at radius 2 is 1.78 bits per heavy atom. The lowest BCUT2D eigenvalue weighted by Crippen LogP contribution is -2.37. The summed E-state index contributed by atoms with van der Waals surface area (Å²) < 4.78 is 72.9. The maximum Gasteiger partial charge on any atom is 0.435 e. The number of halogens is 2. The summed E-state index contributed by atoms with van der Waals surface area (Å²) in [6, 6.07) is 7.21. The van der Waals surface area contributed by atoms with Crippen LogP contribution in [0, 0.1) is 11.6 Å². The number of fused-ring (bicyclic) bond motifs is 1. The molecule has 1 aliphatic rings. The van der Waals surface area contributed by atoms with E-state index in [9.17, 15) is 26.8 Å². The quantitative estimate of drug-likeness (QED) is 0.209. The molecule has 0 bridgehead atoms. The molecule has 14 nitrogen and oxygen atoms in total. The molecule has 2 aromatic carbocycles. The van der Waals surface area contributed by atoms with Gasteiger partial charge >= 0.3 is 6.09 Å². The van der Waals surface area contributed by atoms with Gasteiger partial charge in [-0.25, -0.2) is 22.0 Å². The SMILES string of the molecule is CCOCCOC(=O)n1nc(NC(=O)c2ccc(N(C)CCN(C)C)cc2N[C@H](C)COC)c2c1CCN(S(=O)(=O)c1cc(F)cc(F)c1)C2. The molecule has 0 unspecified atom stereocenters. The highest BCUT2D eigenvalue weighted by Crippen LogP contribution is 2.32. The summed E-state index contributed by atoms with van der Waals surface area (Å²) in [5.74, 6) is -2.74. The van der Waals surface area contributed by atoms with Gasteiger partial charge in [0.1, 0.15) is 18.2 Å². The maximum absolute atomic E-state index is 14.0. The Bertz CT molecular complexity index is 1750. The summed E-state index contributed by atoms with van der Waals surface area (Å²) >= 11 is 0. The van der Waals surface area contributed by atoms with Gasteiger partial charge in [0.2, 0.25) is 10.0 Å². The zero-order valence-corrected chi connectivity index (χ0v) is 30.0. The van der Waals surface area contributed by atoms with Gasteiger partial charge in [-0.05, 0) is 58.3 Å². The molecule has 0 saturated heterocycles. The number of benzene rings is 2. The average Bonchev–Trinajstić information content (AvgIpc) is 3.42. The molecule has 2 heterocycles. The fourth-order valence-electron chi connectivity index (χ4n) is 5.37. The van der Waals surface area contributed by atoms with Crippen LogP contribution in [-0.4, -0.2) is 120 Å². The summed E-state index contributed by atoms with van der Waals surface area (Å²) in [6.45, 7) is 5.67. The molecule has 4 rings (SSSR count). The van der Waals surface area contributed by atoms with Crippen molar-refractivity contribution in [2.75, 3.05) is 89.8 Å². The molecular weight excluding hydrogens is 676 g/mol. The number of anilines is 3. The van der Waals surface area contributed by atoms with Crippen LogP contribution < -0.4 is 15.5 Å². The monoisotopic (exact) mass is 721 g/mol. The molecule has 274 valence electrons. The van der Waals surface area contributed by atoms with E-state index in [-0.39, 0.29) is 55.7 Å². The average molecular weight is 722 g/mol. The third-order valence-corrected chi connectivity index (χ3v) is 9.77. The third-order valence-electron chi connectivity index (χ3n) is 7.95. The Kier molecular flexibility index (Phi) is 13.3. The molecule has 1 aromatic heterocycles. The molecule has 50 heavy (non-hydrogen) atoms. The summed E-state index contributed by atoms with van der Waals surface area (Å²) in [5, 5.41) is 10.4. The van der Waals surface area contributed by atoms with E-state index in [4.69, 9.17) is 14.2 Å². The highest BCUT2D eigenvalue weighted by atomic mass is 32.2. The van der Waals surface area contributed by atoms with Crippen LogP contribution in [0.4, 0.5) is 30.8 Å². The standard InChI is InChI=1S/C33H45F2N7O7S/c1-7-48-14-15-49-33(44)42-30-10-11-41(50(45,46)26-17-23(34)16-24(35)18-26)20-28(30)31(38-42)37-32(43)27-9-8-25(40(5)13-12-39(3)4)19-29(27)36-22(2)21-47-6/h8-9,16-19,22,36H,7,10-15,20-21H2,1-6H3,(H,37,38,43)/t22-/m1/s1. The van der Waals surface area contributed by atoms with E-state index in [1.807, 2.05) is 40.2 Å². The van der Waals surface area contributed by atoms with Crippen LogP contribution in [0.5, 0.6) is 0 Å².